The van der Waals surface area contributed by atoms with Crippen LogP contribution in [0.1, 0.15) is 57.9 Å². The highest BCUT2D eigenvalue weighted by molar-refractivity contribution is 5.95. The molecule has 6 heteroatoms. The SMILES string of the molecule is CCNC(=NCc1ccc(N2CCCC2=O)cc1)NCCCCN1CCC(C)CC1. The molecule has 0 spiro atoms. The van der Waals surface area contributed by atoms with Crippen LogP contribution >= 0.6 is 0 Å². The van der Waals surface area contributed by atoms with Crippen molar-refractivity contribution >= 4 is 17.6 Å². The maximum Gasteiger partial charge on any atom is 0.227 e. The second kappa shape index (κ2) is 11.9. The third kappa shape index (κ3) is 7.01. The van der Waals surface area contributed by atoms with Crippen LogP contribution in [0.4, 0.5) is 5.69 Å². The number of nitrogens with one attached hydrogen (secondary N) is 2. The van der Waals surface area contributed by atoms with Gasteiger partial charge in [-0.15, -0.1) is 0 Å². The fourth-order valence-electron chi connectivity index (χ4n) is 4.17. The van der Waals surface area contributed by atoms with Crippen molar-refractivity contribution in [3.05, 3.63) is 29.8 Å². The van der Waals surface area contributed by atoms with Crippen LogP contribution in [-0.2, 0) is 11.3 Å². The van der Waals surface area contributed by atoms with Gasteiger partial charge in [0.05, 0.1) is 6.54 Å². The van der Waals surface area contributed by atoms with Gasteiger partial charge in [-0.25, -0.2) is 4.99 Å². The predicted molar refractivity (Wildman–Crippen MR) is 125 cm³/mol. The standard InChI is InChI=1S/C24H39N5O/c1-3-25-24(26-14-4-5-15-28-17-12-20(2)13-18-28)27-19-21-8-10-22(11-9-21)29-16-6-7-23(29)30/h8-11,20H,3-7,12-19H2,1-2H3,(H2,25,26,27). The zero-order valence-electron chi connectivity index (χ0n) is 18.8. The maximum absolute atomic E-state index is 11.9. The van der Waals surface area contributed by atoms with Crippen LogP contribution in [0.5, 0.6) is 0 Å². The second-order valence-electron chi connectivity index (χ2n) is 8.67. The van der Waals surface area contributed by atoms with E-state index in [2.05, 4.69) is 41.5 Å². The Balaban J connectivity index is 1.39. The van der Waals surface area contributed by atoms with Crippen LogP contribution in [0.15, 0.2) is 29.3 Å². The van der Waals surface area contributed by atoms with E-state index >= 15 is 0 Å². The van der Waals surface area contributed by atoms with Crippen LogP contribution in [0, 0.1) is 5.92 Å². The van der Waals surface area contributed by atoms with E-state index in [1.807, 2.05) is 17.0 Å². The van der Waals surface area contributed by atoms with Gasteiger partial charge < -0.3 is 20.4 Å². The lowest BCUT2D eigenvalue weighted by Gasteiger charge is -2.30. The van der Waals surface area contributed by atoms with Gasteiger partial charge in [0.2, 0.25) is 5.91 Å². The summed E-state index contributed by atoms with van der Waals surface area (Å²) in [7, 11) is 0. The topological polar surface area (TPSA) is 60.0 Å². The zero-order chi connectivity index (χ0) is 21.2. The van der Waals surface area contributed by atoms with E-state index in [0.717, 1.165) is 55.6 Å². The fraction of sp³-hybridized carbons (Fsp3) is 0.667. The molecule has 0 radical (unpaired) electrons. The molecule has 1 amide bonds. The predicted octanol–water partition coefficient (Wildman–Crippen LogP) is 3.38. The van der Waals surface area contributed by atoms with Crippen molar-refractivity contribution < 1.29 is 4.79 Å². The summed E-state index contributed by atoms with van der Waals surface area (Å²) in [5.41, 5.74) is 2.15. The average Bonchev–Trinajstić information content (AvgIpc) is 3.19. The monoisotopic (exact) mass is 413 g/mol. The number of amides is 1. The first-order valence-corrected chi connectivity index (χ1v) is 11.8. The largest absolute Gasteiger partial charge is 0.357 e. The first-order chi connectivity index (χ1) is 14.7. The Labute approximate surface area is 182 Å². The van der Waals surface area contributed by atoms with Crippen molar-refractivity contribution in [2.75, 3.05) is 44.2 Å². The average molecular weight is 414 g/mol. The number of carbonyl (C=O) groups excluding carboxylic acids is 1. The molecule has 0 saturated carbocycles. The number of nitrogens with zero attached hydrogens (tertiary/aromatic N) is 3. The van der Waals surface area contributed by atoms with E-state index in [0.29, 0.717) is 13.0 Å². The van der Waals surface area contributed by atoms with Gasteiger partial charge in [-0.2, -0.15) is 0 Å². The second-order valence-corrected chi connectivity index (χ2v) is 8.67. The molecule has 0 aromatic heterocycles. The molecule has 2 saturated heterocycles. The summed E-state index contributed by atoms with van der Waals surface area (Å²) in [4.78, 5) is 21.1. The molecule has 2 aliphatic rings. The van der Waals surface area contributed by atoms with Gasteiger partial charge in [-0.05, 0) is 82.3 Å². The number of aliphatic imine (C=N–C) groups is 1. The smallest absolute Gasteiger partial charge is 0.227 e. The van der Waals surface area contributed by atoms with Crippen molar-refractivity contribution in [2.45, 2.75) is 58.9 Å². The van der Waals surface area contributed by atoms with E-state index in [1.54, 1.807) is 0 Å². The number of unbranched alkanes of at least 4 members (excludes halogenated alkanes) is 1. The van der Waals surface area contributed by atoms with Crippen molar-refractivity contribution in [3.63, 3.8) is 0 Å². The number of rotatable bonds is 9. The van der Waals surface area contributed by atoms with Crippen LogP contribution in [-0.4, -0.2) is 56.0 Å². The molecule has 0 unspecified atom stereocenters. The van der Waals surface area contributed by atoms with Crippen LogP contribution in [0.3, 0.4) is 0 Å². The molecule has 6 nitrogen and oxygen atoms in total. The van der Waals surface area contributed by atoms with E-state index < -0.39 is 0 Å². The van der Waals surface area contributed by atoms with Crippen LogP contribution in [0.2, 0.25) is 0 Å². The lowest BCUT2D eigenvalue weighted by molar-refractivity contribution is -0.117. The summed E-state index contributed by atoms with van der Waals surface area (Å²) in [5, 5.41) is 6.80. The Hall–Kier alpha value is -2.08. The number of guanidine groups is 1. The van der Waals surface area contributed by atoms with E-state index in [4.69, 9.17) is 4.99 Å². The normalized spacial score (nSPS) is 18.8. The highest BCUT2D eigenvalue weighted by Crippen LogP contribution is 2.21. The molecule has 30 heavy (non-hydrogen) atoms. The molecule has 2 aliphatic heterocycles. The molecule has 166 valence electrons. The number of carbonyl (C=O) groups is 1. The van der Waals surface area contributed by atoms with Gasteiger partial charge in [0, 0.05) is 31.7 Å². The zero-order valence-corrected chi connectivity index (χ0v) is 18.8. The molecule has 0 aliphatic carbocycles. The first-order valence-electron chi connectivity index (χ1n) is 11.8. The van der Waals surface area contributed by atoms with Gasteiger partial charge in [0.25, 0.3) is 0 Å². The van der Waals surface area contributed by atoms with E-state index in [-0.39, 0.29) is 5.91 Å². The van der Waals surface area contributed by atoms with Crippen molar-refractivity contribution in [1.29, 1.82) is 0 Å². The molecule has 1 aromatic rings. The lowest BCUT2D eigenvalue weighted by Crippen LogP contribution is -2.38. The summed E-state index contributed by atoms with van der Waals surface area (Å²) in [5.74, 6) is 2.01. The Morgan fingerprint density at radius 2 is 1.87 bits per heavy atom. The van der Waals surface area contributed by atoms with Gasteiger partial charge in [0.15, 0.2) is 5.96 Å². The third-order valence-corrected chi connectivity index (χ3v) is 6.16. The first kappa shape index (κ1) is 22.6. The number of hydrogen-bond acceptors (Lipinski definition) is 3. The Morgan fingerprint density at radius 3 is 2.53 bits per heavy atom. The number of benzene rings is 1. The molecule has 2 heterocycles. The molecule has 2 fully saturated rings. The molecular formula is C24H39N5O. The quantitative estimate of drug-likeness (QED) is 0.370. The summed E-state index contributed by atoms with van der Waals surface area (Å²) >= 11 is 0. The van der Waals surface area contributed by atoms with Crippen molar-refractivity contribution in [2.24, 2.45) is 10.9 Å². The number of likely N-dealkylation sites (tertiary alicyclic amines) is 1. The minimum Gasteiger partial charge on any atom is -0.357 e. The number of piperidine rings is 1. The lowest BCUT2D eigenvalue weighted by atomic mass is 9.99. The maximum atomic E-state index is 11.9. The summed E-state index contributed by atoms with van der Waals surface area (Å²) in [6, 6.07) is 8.23. The molecule has 3 rings (SSSR count). The van der Waals surface area contributed by atoms with Crippen molar-refractivity contribution in [1.82, 2.24) is 15.5 Å². The molecular weight excluding hydrogens is 374 g/mol. The number of hydrogen-bond donors (Lipinski definition) is 2. The highest BCUT2D eigenvalue weighted by atomic mass is 16.2. The molecule has 2 N–H and O–H groups in total. The van der Waals surface area contributed by atoms with Gasteiger partial charge in [0.1, 0.15) is 0 Å². The van der Waals surface area contributed by atoms with Gasteiger partial charge in [-0.1, -0.05) is 19.1 Å². The molecule has 1 aromatic carbocycles. The molecule has 0 bridgehead atoms. The summed E-state index contributed by atoms with van der Waals surface area (Å²) in [6.45, 7) is 11.5. The van der Waals surface area contributed by atoms with Crippen molar-refractivity contribution in [3.8, 4) is 0 Å². The van der Waals surface area contributed by atoms with Gasteiger partial charge in [-0.3, -0.25) is 4.79 Å². The third-order valence-electron chi connectivity index (χ3n) is 6.16. The summed E-state index contributed by atoms with van der Waals surface area (Å²) in [6.07, 6.45) is 6.73. The number of anilines is 1. The summed E-state index contributed by atoms with van der Waals surface area (Å²) < 4.78 is 0. The minimum absolute atomic E-state index is 0.231. The van der Waals surface area contributed by atoms with E-state index in [9.17, 15) is 4.79 Å². The highest BCUT2D eigenvalue weighted by Gasteiger charge is 2.21. The Morgan fingerprint density at radius 1 is 1.10 bits per heavy atom. The minimum atomic E-state index is 0.231. The van der Waals surface area contributed by atoms with E-state index in [1.165, 1.54) is 38.9 Å². The Kier molecular flexibility index (Phi) is 9.00. The van der Waals surface area contributed by atoms with Crippen LogP contribution < -0.4 is 15.5 Å². The Bertz CT molecular complexity index is 679. The molecule has 0 atom stereocenters. The van der Waals surface area contributed by atoms with Gasteiger partial charge >= 0.3 is 0 Å². The van der Waals surface area contributed by atoms with Crippen LogP contribution in [0.25, 0.3) is 0 Å². The fourth-order valence-corrected chi connectivity index (χ4v) is 4.17.